The van der Waals surface area contributed by atoms with E-state index >= 15 is 0 Å². The van der Waals surface area contributed by atoms with Gasteiger partial charge >= 0.3 is 0 Å². The highest BCUT2D eigenvalue weighted by Gasteiger charge is 2.11. The van der Waals surface area contributed by atoms with Gasteiger partial charge in [-0.15, -0.1) is 0 Å². The van der Waals surface area contributed by atoms with E-state index in [-0.39, 0.29) is 11.1 Å². The maximum atomic E-state index is 12.6. The zero-order chi connectivity index (χ0) is 20.1. The van der Waals surface area contributed by atoms with Crippen LogP contribution in [0.5, 0.6) is 0 Å². The van der Waals surface area contributed by atoms with Crippen molar-refractivity contribution in [1.82, 2.24) is 14.5 Å². The molecule has 0 unspecified atom stereocenters. The fraction of sp³-hybridized carbons (Fsp3) is 0.150. The quantitative estimate of drug-likeness (QED) is 0.620. The summed E-state index contributed by atoms with van der Waals surface area (Å²) in [6.07, 6.45) is 5.57. The van der Waals surface area contributed by atoms with Crippen molar-refractivity contribution in [2.75, 3.05) is 25.7 Å². The molecule has 144 valence electrons. The van der Waals surface area contributed by atoms with E-state index in [0.29, 0.717) is 11.3 Å². The molecule has 1 aromatic heterocycles. The fourth-order valence-corrected chi connectivity index (χ4v) is 3.62. The molecule has 28 heavy (non-hydrogen) atoms. The SMILES string of the molecule is CSc1nccn1-c1cccc(C(=O)Nc2ccc(SC(=O)N(C)C)cc2)c1. The Labute approximate surface area is 172 Å². The van der Waals surface area contributed by atoms with E-state index in [1.165, 1.54) is 4.90 Å². The predicted octanol–water partition coefficient (Wildman–Crippen LogP) is 4.62. The Bertz CT molecular complexity index is 984. The number of imidazole rings is 1. The van der Waals surface area contributed by atoms with Gasteiger partial charge < -0.3 is 10.2 Å². The minimum atomic E-state index is -0.197. The van der Waals surface area contributed by atoms with Gasteiger partial charge in [-0.05, 0) is 60.5 Å². The smallest absolute Gasteiger partial charge is 0.285 e. The van der Waals surface area contributed by atoms with Crippen LogP contribution in [-0.4, -0.2) is 45.9 Å². The normalized spacial score (nSPS) is 10.5. The number of benzene rings is 2. The molecular formula is C20H20N4O2S2. The van der Waals surface area contributed by atoms with Gasteiger partial charge in [0.1, 0.15) is 0 Å². The molecule has 2 aromatic carbocycles. The van der Waals surface area contributed by atoms with Crippen molar-refractivity contribution in [3.8, 4) is 5.69 Å². The number of nitrogens with zero attached hydrogens (tertiary/aromatic N) is 3. The minimum Gasteiger partial charge on any atom is -0.339 e. The number of nitrogens with one attached hydrogen (secondary N) is 1. The van der Waals surface area contributed by atoms with E-state index < -0.39 is 0 Å². The standard InChI is InChI=1S/C20H20N4O2S2/c1-23(2)20(26)28-17-9-7-15(8-10-17)22-18(25)14-5-4-6-16(13-14)24-12-11-21-19(24)27-3/h4-13H,1-3H3,(H,22,25). The van der Waals surface area contributed by atoms with Crippen molar-refractivity contribution in [3.05, 3.63) is 66.5 Å². The Morgan fingerprint density at radius 3 is 2.54 bits per heavy atom. The van der Waals surface area contributed by atoms with Gasteiger partial charge in [-0.3, -0.25) is 14.2 Å². The van der Waals surface area contributed by atoms with Crippen molar-refractivity contribution in [2.24, 2.45) is 0 Å². The summed E-state index contributed by atoms with van der Waals surface area (Å²) in [5.74, 6) is -0.197. The van der Waals surface area contributed by atoms with Crippen molar-refractivity contribution in [1.29, 1.82) is 0 Å². The molecule has 2 amide bonds. The first-order valence-corrected chi connectivity index (χ1v) is 10.5. The second-order valence-electron chi connectivity index (χ2n) is 6.08. The maximum Gasteiger partial charge on any atom is 0.285 e. The molecule has 1 N–H and O–H groups in total. The summed E-state index contributed by atoms with van der Waals surface area (Å²) in [5.41, 5.74) is 2.10. The molecule has 6 nitrogen and oxygen atoms in total. The molecule has 0 aliphatic carbocycles. The monoisotopic (exact) mass is 412 g/mol. The van der Waals surface area contributed by atoms with Crippen LogP contribution in [0.25, 0.3) is 5.69 Å². The van der Waals surface area contributed by atoms with E-state index in [1.54, 1.807) is 50.3 Å². The molecule has 0 fully saturated rings. The summed E-state index contributed by atoms with van der Waals surface area (Å²) in [4.78, 5) is 31.0. The van der Waals surface area contributed by atoms with Crippen molar-refractivity contribution < 1.29 is 9.59 Å². The van der Waals surface area contributed by atoms with Crippen molar-refractivity contribution in [3.63, 3.8) is 0 Å². The molecule has 0 bridgehead atoms. The number of anilines is 1. The zero-order valence-electron chi connectivity index (χ0n) is 15.7. The van der Waals surface area contributed by atoms with Gasteiger partial charge in [0.2, 0.25) is 0 Å². The summed E-state index contributed by atoms with van der Waals surface area (Å²) >= 11 is 2.69. The van der Waals surface area contributed by atoms with Crippen molar-refractivity contribution in [2.45, 2.75) is 10.1 Å². The zero-order valence-corrected chi connectivity index (χ0v) is 17.4. The summed E-state index contributed by atoms with van der Waals surface area (Å²) in [6, 6.07) is 14.6. The maximum absolute atomic E-state index is 12.6. The molecule has 1 heterocycles. The first-order valence-electron chi connectivity index (χ1n) is 8.46. The molecule has 3 aromatic rings. The average molecular weight is 413 g/mol. The number of hydrogen-bond acceptors (Lipinski definition) is 5. The predicted molar refractivity (Wildman–Crippen MR) is 115 cm³/mol. The average Bonchev–Trinajstić information content (AvgIpc) is 3.18. The lowest BCUT2D eigenvalue weighted by Gasteiger charge is -2.11. The van der Waals surface area contributed by atoms with Crippen molar-refractivity contribution >= 4 is 40.4 Å². The molecule has 0 saturated heterocycles. The van der Waals surface area contributed by atoms with Gasteiger partial charge in [0.25, 0.3) is 11.1 Å². The van der Waals surface area contributed by atoms with Crippen LogP contribution in [0, 0.1) is 0 Å². The summed E-state index contributed by atoms with van der Waals surface area (Å²) < 4.78 is 1.94. The Kier molecular flexibility index (Phi) is 6.43. The second kappa shape index (κ2) is 8.99. The molecule has 0 aliphatic heterocycles. The number of amides is 2. The number of carbonyl (C=O) groups is 2. The summed E-state index contributed by atoms with van der Waals surface area (Å²) in [7, 11) is 3.42. The van der Waals surface area contributed by atoms with Crippen LogP contribution >= 0.6 is 23.5 Å². The van der Waals surface area contributed by atoms with Gasteiger partial charge in [0, 0.05) is 48.3 Å². The molecule has 8 heteroatoms. The lowest BCUT2D eigenvalue weighted by molar-refractivity contribution is 0.102. The van der Waals surface area contributed by atoms with Crippen LogP contribution < -0.4 is 5.32 Å². The molecule has 0 spiro atoms. The minimum absolute atomic E-state index is 0.0438. The highest BCUT2D eigenvalue weighted by Crippen LogP contribution is 2.23. The number of rotatable bonds is 5. The van der Waals surface area contributed by atoms with Crippen LogP contribution in [0.15, 0.2) is 71.0 Å². The highest BCUT2D eigenvalue weighted by atomic mass is 32.2. The van der Waals surface area contributed by atoms with E-state index in [4.69, 9.17) is 0 Å². The van der Waals surface area contributed by atoms with Crippen LogP contribution in [0.2, 0.25) is 0 Å². The first kappa shape index (κ1) is 20.0. The van der Waals surface area contributed by atoms with Gasteiger partial charge in [-0.2, -0.15) is 0 Å². The molecule has 0 saturated carbocycles. The third kappa shape index (κ3) is 4.76. The lowest BCUT2D eigenvalue weighted by Crippen LogP contribution is -2.16. The Morgan fingerprint density at radius 1 is 1.11 bits per heavy atom. The van der Waals surface area contributed by atoms with Crippen LogP contribution in [-0.2, 0) is 0 Å². The Hall–Kier alpha value is -2.71. The molecule has 0 aliphatic rings. The number of carbonyl (C=O) groups excluding carboxylic acids is 2. The summed E-state index contributed by atoms with van der Waals surface area (Å²) in [5, 5.41) is 3.70. The fourth-order valence-electron chi connectivity index (χ4n) is 2.44. The van der Waals surface area contributed by atoms with Crippen LogP contribution in [0.3, 0.4) is 0 Å². The highest BCUT2D eigenvalue weighted by molar-refractivity contribution is 8.13. The Morgan fingerprint density at radius 2 is 1.86 bits per heavy atom. The third-order valence-corrected chi connectivity index (χ3v) is 5.57. The largest absolute Gasteiger partial charge is 0.339 e. The van der Waals surface area contributed by atoms with Gasteiger partial charge in [-0.25, -0.2) is 4.98 Å². The topological polar surface area (TPSA) is 67.2 Å². The molecule has 0 radical (unpaired) electrons. The molecular weight excluding hydrogens is 392 g/mol. The van der Waals surface area contributed by atoms with E-state index in [0.717, 1.165) is 27.5 Å². The molecule has 0 atom stereocenters. The van der Waals surface area contributed by atoms with Gasteiger partial charge in [0.05, 0.1) is 0 Å². The van der Waals surface area contributed by atoms with Gasteiger partial charge in [0.15, 0.2) is 5.16 Å². The third-order valence-electron chi connectivity index (χ3n) is 3.86. The van der Waals surface area contributed by atoms with Gasteiger partial charge in [-0.1, -0.05) is 17.8 Å². The number of hydrogen-bond donors (Lipinski definition) is 1. The Balaban J connectivity index is 1.71. The van der Waals surface area contributed by atoms with E-state index in [9.17, 15) is 9.59 Å². The van der Waals surface area contributed by atoms with E-state index in [1.807, 2.05) is 47.4 Å². The first-order chi connectivity index (χ1) is 13.5. The number of aromatic nitrogens is 2. The lowest BCUT2D eigenvalue weighted by atomic mass is 10.2. The number of thioether (sulfide) groups is 2. The molecule has 3 rings (SSSR count). The second-order valence-corrected chi connectivity index (χ2v) is 7.87. The van der Waals surface area contributed by atoms with Crippen LogP contribution in [0.4, 0.5) is 10.5 Å². The van der Waals surface area contributed by atoms with Crippen LogP contribution in [0.1, 0.15) is 10.4 Å². The van der Waals surface area contributed by atoms with E-state index in [2.05, 4.69) is 10.3 Å². The summed E-state index contributed by atoms with van der Waals surface area (Å²) in [6.45, 7) is 0.